The van der Waals surface area contributed by atoms with Crippen LogP contribution in [0.5, 0.6) is 0 Å². The molecule has 0 aromatic heterocycles. The van der Waals surface area contributed by atoms with E-state index < -0.39 is 6.04 Å². The van der Waals surface area contributed by atoms with Crippen molar-refractivity contribution < 1.29 is 14.4 Å². The number of nitrogens with zero attached hydrogens (tertiary/aromatic N) is 3. The van der Waals surface area contributed by atoms with Crippen molar-refractivity contribution in [3.63, 3.8) is 0 Å². The normalized spacial score (nSPS) is 30.9. The number of carbonyl (C=O) groups excluding carboxylic acids is 3. The minimum atomic E-state index is -0.553. The summed E-state index contributed by atoms with van der Waals surface area (Å²) in [6.07, 6.45) is 4.50. The van der Waals surface area contributed by atoms with Gasteiger partial charge in [0, 0.05) is 55.9 Å². The van der Waals surface area contributed by atoms with E-state index in [9.17, 15) is 14.4 Å². The first-order chi connectivity index (χ1) is 15.6. The lowest BCUT2D eigenvalue weighted by Crippen LogP contribution is -2.52. The quantitative estimate of drug-likeness (QED) is 0.675. The maximum Gasteiger partial charge on any atom is 0.255 e. The Kier molecular flexibility index (Phi) is 4.95. The van der Waals surface area contributed by atoms with Gasteiger partial charge in [-0.15, -0.1) is 0 Å². The summed E-state index contributed by atoms with van der Waals surface area (Å²) in [5.41, 5.74) is 2.87. The zero-order valence-electron chi connectivity index (χ0n) is 18.4. The van der Waals surface area contributed by atoms with Gasteiger partial charge in [0.2, 0.25) is 11.8 Å². The van der Waals surface area contributed by atoms with Crippen LogP contribution < -0.4 is 15.5 Å². The monoisotopic (exact) mass is 437 g/mol. The number of anilines is 1. The maximum atomic E-state index is 13.0. The first-order valence-electron chi connectivity index (χ1n) is 12.1. The molecule has 3 amide bonds. The van der Waals surface area contributed by atoms with Crippen molar-refractivity contribution in [2.75, 3.05) is 37.6 Å². The first-order valence-corrected chi connectivity index (χ1v) is 12.1. The Morgan fingerprint density at radius 2 is 1.81 bits per heavy atom. The van der Waals surface area contributed by atoms with Crippen LogP contribution in [0, 0.1) is 5.92 Å². The fourth-order valence-electron chi connectivity index (χ4n) is 6.42. The van der Waals surface area contributed by atoms with Crippen molar-refractivity contribution in [1.29, 1.82) is 0 Å². The Labute approximate surface area is 188 Å². The Morgan fingerprint density at radius 1 is 0.969 bits per heavy atom. The molecule has 0 saturated carbocycles. The van der Waals surface area contributed by atoms with Gasteiger partial charge in [-0.05, 0) is 68.5 Å². The Hall–Kier alpha value is -2.45. The SMILES string of the molecule is O=C1CCC(N2Cc3cc(N4CC5CC4CN5CC4CCNCC4)ccc3C2=O)C(=O)N1. The summed E-state index contributed by atoms with van der Waals surface area (Å²) in [5.74, 6) is 0.120. The van der Waals surface area contributed by atoms with E-state index >= 15 is 0 Å². The molecule has 1 aromatic rings. The standard InChI is InChI=1S/C24H31N5O3/c30-22-4-3-21(23(31)26-22)29-12-16-9-17(1-2-20(16)24(29)32)28-14-18-10-19(28)13-27(18)11-15-5-7-25-8-6-15/h1-2,9,15,18-19,21,25H,3-8,10-14H2,(H,26,30,31). The second-order valence-corrected chi connectivity index (χ2v) is 10.1. The maximum absolute atomic E-state index is 13.0. The van der Waals surface area contributed by atoms with E-state index in [0.717, 1.165) is 37.7 Å². The number of carbonyl (C=O) groups is 3. The van der Waals surface area contributed by atoms with Crippen molar-refractivity contribution in [2.24, 2.45) is 5.92 Å². The molecule has 0 spiro atoms. The van der Waals surface area contributed by atoms with Crippen LogP contribution in [0.15, 0.2) is 18.2 Å². The lowest BCUT2D eigenvalue weighted by molar-refractivity contribution is -0.136. The van der Waals surface area contributed by atoms with Crippen LogP contribution in [0.3, 0.4) is 0 Å². The van der Waals surface area contributed by atoms with Gasteiger partial charge in [-0.1, -0.05) is 0 Å². The topological polar surface area (TPSA) is 85.0 Å². The second kappa shape index (κ2) is 7.85. The molecule has 5 aliphatic rings. The fourth-order valence-corrected chi connectivity index (χ4v) is 6.42. The van der Waals surface area contributed by atoms with Gasteiger partial charge < -0.3 is 15.1 Å². The van der Waals surface area contributed by atoms with Crippen molar-refractivity contribution in [2.45, 2.75) is 56.8 Å². The number of benzene rings is 1. The minimum Gasteiger partial charge on any atom is -0.366 e. The molecular formula is C24H31N5O3. The van der Waals surface area contributed by atoms with Gasteiger partial charge in [0.1, 0.15) is 6.04 Å². The van der Waals surface area contributed by atoms with E-state index in [0.29, 0.717) is 30.6 Å². The number of fused-ring (bicyclic) bond motifs is 3. The van der Waals surface area contributed by atoms with Crippen LogP contribution in [0.25, 0.3) is 0 Å². The zero-order chi connectivity index (χ0) is 21.8. The van der Waals surface area contributed by atoms with Gasteiger partial charge in [-0.3, -0.25) is 24.6 Å². The number of piperidine rings is 2. The van der Waals surface area contributed by atoms with E-state index in [-0.39, 0.29) is 24.1 Å². The van der Waals surface area contributed by atoms with E-state index in [1.807, 2.05) is 6.07 Å². The average molecular weight is 438 g/mol. The van der Waals surface area contributed by atoms with Crippen LogP contribution in [0.2, 0.25) is 0 Å². The Morgan fingerprint density at radius 3 is 2.56 bits per heavy atom. The highest BCUT2D eigenvalue weighted by Crippen LogP contribution is 2.38. The highest BCUT2D eigenvalue weighted by Gasteiger charge is 2.44. The average Bonchev–Trinajstić information content (AvgIpc) is 3.47. The zero-order valence-corrected chi connectivity index (χ0v) is 18.4. The molecule has 2 bridgehead atoms. The summed E-state index contributed by atoms with van der Waals surface area (Å²) in [7, 11) is 0. The summed E-state index contributed by atoms with van der Waals surface area (Å²) in [5, 5.41) is 5.84. The summed E-state index contributed by atoms with van der Waals surface area (Å²) >= 11 is 0. The molecule has 6 rings (SSSR count). The van der Waals surface area contributed by atoms with E-state index in [1.54, 1.807) is 4.90 Å². The molecule has 5 aliphatic heterocycles. The van der Waals surface area contributed by atoms with Crippen LogP contribution in [-0.4, -0.2) is 78.4 Å². The predicted octanol–water partition coefficient (Wildman–Crippen LogP) is 0.710. The van der Waals surface area contributed by atoms with Crippen molar-refractivity contribution in [3.05, 3.63) is 29.3 Å². The molecule has 8 heteroatoms. The molecule has 170 valence electrons. The Bertz CT molecular complexity index is 959. The number of amides is 3. The van der Waals surface area contributed by atoms with E-state index in [2.05, 4.69) is 32.6 Å². The van der Waals surface area contributed by atoms with Crippen LogP contribution in [0.1, 0.15) is 48.0 Å². The number of rotatable bonds is 4. The van der Waals surface area contributed by atoms with Crippen molar-refractivity contribution in [3.8, 4) is 0 Å². The van der Waals surface area contributed by atoms with Gasteiger partial charge in [0.25, 0.3) is 5.91 Å². The minimum absolute atomic E-state index is 0.0999. The summed E-state index contributed by atoms with van der Waals surface area (Å²) in [6.45, 7) is 6.17. The molecule has 0 aliphatic carbocycles. The molecule has 1 aromatic carbocycles. The molecule has 5 heterocycles. The molecule has 3 atom stereocenters. The van der Waals surface area contributed by atoms with Crippen LogP contribution in [0.4, 0.5) is 5.69 Å². The largest absolute Gasteiger partial charge is 0.366 e. The second-order valence-electron chi connectivity index (χ2n) is 10.1. The fraction of sp³-hybridized carbons (Fsp3) is 0.625. The third-order valence-electron chi connectivity index (χ3n) is 8.14. The van der Waals surface area contributed by atoms with Gasteiger partial charge in [-0.2, -0.15) is 0 Å². The number of piperazine rings is 1. The summed E-state index contributed by atoms with van der Waals surface area (Å²) in [6, 6.07) is 6.77. The number of hydrogen-bond acceptors (Lipinski definition) is 6. The third kappa shape index (κ3) is 3.40. The summed E-state index contributed by atoms with van der Waals surface area (Å²) in [4.78, 5) is 43.6. The highest BCUT2D eigenvalue weighted by atomic mass is 16.2. The molecule has 4 fully saturated rings. The van der Waals surface area contributed by atoms with Gasteiger partial charge >= 0.3 is 0 Å². The highest BCUT2D eigenvalue weighted by molar-refractivity contribution is 6.05. The van der Waals surface area contributed by atoms with E-state index in [4.69, 9.17) is 0 Å². The molecule has 32 heavy (non-hydrogen) atoms. The number of nitrogens with one attached hydrogen (secondary N) is 2. The van der Waals surface area contributed by atoms with Gasteiger partial charge in [-0.25, -0.2) is 0 Å². The van der Waals surface area contributed by atoms with E-state index in [1.165, 1.54) is 31.5 Å². The smallest absolute Gasteiger partial charge is 0.255 e. The molecule has 3 unspecified atom stereocenters. The lowest BCUT2D eigenvalue weighted by Gasteiger charge is -2.38. The third-order valence-corrected chi connectivity index (χ3v) is 8.14. The van der Waals surface area contributed by atoms with Crippen molar-refractivity contribution >= 4 is 23.4 Å². The number of hydrogen-bond donors (Lipinski definition) is 2. The molecule has 8 nitrogen and oxygen atoms in total. The van der Waals surface area contributed by atoms with Crippen LogP contribution in [-0.2, 0) is 16.1 Å². The van der Waals surface area contributed by atoms with Gasteiger partial charge in [0.15, 0.2) is 0 Å². The molecule has 0 radical (unpaired) electrons. The predicted molar refractivity (Wildman–Crippen MR) is 119 cm³/mol. The summed E-state index contributed by atoms with van der Waals surface area (Å²) < 4.78 is 0. The molecule has 2 N–H and O–H groups in total. The number of likely N-dealkylation sites (tertiary alicyclic amines) is 1. The van der Waals surface area contributed by atoms with Crippen molar-refractivity contribution in [1.82, 2.24) is 20.4 Å². The first kappa shape index (κ1) is 20.2. The Balaban J connectivity index is 1.13. The lowest BCUT2D eigenvalue weighted by atomic mass is 9.97. The molecule has 4 saturated heterocycles. The molecular weight excluding hydrogens is 406 g/mol. The number of imide groups is 1. The van der Waals surface area contributed by atoms with Crippen LogP contribution >= 0.6 is 0 Å². The van der Waals surface area contributed by atoms with Gasteiger partial charge in [0.05, 0.1) is 0 Å².